The van der Waals surface area contributed by atoms with Crippen molar-refractivity contribution in [3.05, 3.63) is 107 Å². The molecule has 1 aliphatic heterocycles. The highest BCUT2D eigenvalue weighted by Crippen LogP contribution is 2.33. The first-order valence-electron chi connectivity index (χ1n) is 14.7. The molecule has 1 fully saturated rings. The number of amides is 1. The highest BCUT2D eigenvalue weighted by Gasteiger charge is 2.33. The minimum Gasteiger partial charge on any atom is -0.349 e. The number of rotatable bonds is 10. The number of aryl methyl sites for hydroxylation is 1. The summed E-state index contributed by atoms with van der Waals surface area (Å²) in [5.41, 5.74) is 3.42. The van der Waals surface area contributed by atoms with Crippen LogP contribution in [0, 0.1) is 5.82 Å². The number of hydrogen-bond donors (Lipinski definition) is 2. The number of alkyl halides is 3. The molecule has 0 radical (unpaired) electrons. The molecule has 1 aliphatic carbocycles. The van der Waals surface area contributed by atoms with Gasteiger partial charge in [0, 0.05) is 13.0 Å². The lowest BCUT2D eigenvalue weighted by Gasteiger charge is -2.28. The van der Waals surface area contributed by atoms with Crippen LogP contribution in [0.15, 0.2) is 78.2 Å². The Kier molecular flexibility index (Phi) is 9.57. The zero-order valence-corrected chi connectivity index (χ0v) is 25.0. The van der Waals surface area contributed by atoms with Crippen LogP contribution in [0.5, 0.6) is 0 Å². The minimum atomic E-state index is -4.74. The van der Waals surface area contributed by atoms with Gasteiger partial charge in [-0.1, -0.05) is 43.0 Å². The van der Waals surface area contributed by atoms with Crippen molar-refractivity contribution in [2.75, 3.05) is 19.6 Å². The molecule has 2 aliphatic rings. The van der Waals surface area contributed by atoms with Gasteiger partial charge in [-0.2, -0.15) is 13.2 Å². The summed E-state index contributed by atoms with van der Waals surface area (Å²) >= 11 is 0. The van der Waals surface area contributed by atoms with Gasteiger partial charge in [0.15, 0.2) is 0 Å². The molecule has 3 aromatic carbocycles. The molecule has 0 saturated carbocycles. The van der Waals surface area contributed by atoms with Crippen molar-refractivity contribution in [3.8, 4) is 0 Å². The molecule has 44 heavy (non-hydrogen) atoms. The van der Waals surface area contributed by atoms with Crippen LogP contribution in [-0.2, 0) is 27.4 Å². The Balaban J connectivity index is 1.32. The van der Waals surface area contributed by atoms with Gasteiger partial charge in [-0.3, -0.25) is 9.69 Å². The predicted octanol–water partition coefficient (Wildman–Crippen LogP) is 6.56. The zero-order valence-electron chi connectivity index (χ0n) is 24.2. The molecular formula is C33H35F4N3O3S. The second kappa shape index (κ2) is 13.2. The molecular weight excluding hydrogens is 594 g/mol. The predicted molar refractivity (Wildman–Crippen MR) is 160 cm³/mol. The van der Waals surface area contributed by atoms with Crippen LogP contribution in [0.25, 0.3) is 5.57 Å². The average Bonchev–Trinajstić information content (AvgIpc) is 3.50. The van der Waals surface area contributed by atoms with E-state index in [1.165, 1.54) is 25.0 Å². The van der Waals surface area contributed by atoms with Crippen LogP contribution >= 0.6 is 0 Å². The standard InChI is InChI=1S/C33H35F4N3O3S/c1-22(21-40-16-2-3-17-40)24-12-15-29-25(18-24)6-4-9-30(29)38-32(41)20-31(23-10-13-27(34)14-11-23)39-44(42,43)28-8-5-7-26(19-28)33(35,36)37/h5,7-8,10-15,18-19,30-31,39H,1-4,6,9,16-17,20-21H2,(H,38,41)/t30-,31-/m1/s1. The maximum atomic E-state index is 13.7. The van der Waals surface area contributed by atoms with Gasteiger partial charge in [0.2, 0.25) is 15.9 Å². The molecule has 6 nitrogen and oxygen atoms in total. The molecule has 234 valence electrons. The quantitative estimate of drug-likeness (QED) is 0.249. The monoisotopic (exact) mass is 629 g/mol. The average molecular weight is 630 g/mol. The van der Waals surface area contributed by atoms with E-state index < -0.39 is 44.4 Å². The van der Waals surface area contributed by atoms with E-state index in [-0.39, 0.29) is 12.5 Å². The third kappa shape index (κ3) is 7.75. The molecule has 2 N–H and O–H groups in total. The molecule has 5 rings (SSSR count). The number of sulfonamides is 1. The van der Waals surface area contributed by atoms with Gasteiger partial charge in [-0.05, 0) is 103 Å². The highest BCUT2D eigenvalue weighted by atomic mass is 32.2. The maximum absolute atomic E-state index is 13.7. The van der Waals surface area contributed by atoms with Gasteiger partial charge in [-0.25, -0.2) is 17.5 Å². The second-order valence-corrected chi connectivity index (χ2v) is 13.2. The van der Waals surface area contributed by atoms with Crippen molar-refractivity contribution < 1.29 is 30.8 Å². The van der Waals surface area contributed by atoms with Crippen LogP contribution < -0.4 is 10.0 Å². The van der Waals surface area contributed by atoms with Crippen LogP contribution in [0.3, 0.4) is 0 Å². The smallest absolute Gasteiger partial charge is 0.349 e. The highest BCUT2D eigenvalue weighted by molar-refractivity contribution is 7.89. The summed E-state index contributed by atoms with van der Waals surface area (Å²) < 4.78 is 82.2. The summed E-state index contributed by atoms with van der Waals surface area (Å²) in [7, 11) is -4.49. The maximum Gasteiger partial charge on any atom is 0.416 e. The number of likely N-dealkylation sites (tertiary alicyclic amines) is 1. The van der Waals surface area contributed by atoms with E-state index in [0.29, 0.717) is 18.1 Å². The third-order valence-corrected chi connectivity index (χ3v) is 9.71. The van der Waals surface area contributed by atoms with Gasteiger partial charge in [-0.15, -0.1) is 0 Å². The molecule has 11 heteroatoms. The summed E-state index contributed by atoms with van der Waals surface area (Å²) in [5, 5.41) is 3.02. The Labute approximate surface area is 255 Å². The fourth-order valence-electron chi connectivity index (χ4n) is 5.94. The molecule has 1 saturated heterocycles. The van der Waals surface area contributed by atoms with Crippen LogP contribution in [0.4, 0.5) is 17.6 Å². The van der Waals surface area contributed by atoms with Crippen LogP contribution in [-0.4, -0.2) is 38.9 Å². The van der Waals surface area contributed by atoms with Crippen LogP contribution in [0.1, 0.15) is 72.0 Å². The second-order valence-electron chi connectivity index (χ2n) is 11.5. The molecule has 0 aromatic heterocycles. The molecule has 1 amide bonds. The van der Waals surface area contributed by atoms with Crippen molar-refractivity contribution >= 4 is 21.5 Å². The number of halogens is 4. The van der Waals surface area contributed by atoms with E-state index in [1.54, 1.807) is 0 Å². The lowest BCUT2D eigenvalue weighted by atomic mass is 9.85. The lowest BCUT2D eigenvalue weighted by Crippen LogP contribution is -2.36. The van der Waals surface area contributed by atoms with Crippen molar-refractivity contribution in [2.24, 2.45) is 0 Å². The number of fused-ring (bicyclic) bond motifs is 1. The van der Waals surface area contributed by atoms with E-state index in [0.717, 1.165) is 85.1 Å². The summed E-state index contributed by atoms with van der Waals surface area (Å²) in [6.07, 6.45) is -0.267. The zero-order chi connectivity index (χ0) is 31.5. The van der Waals surface area contributed by atoms with Gasteiger partial charge >= 0.3 is 6.18 Å². The number of carbonyl (C=O) groups excluding carboxylic acids is 1. The summed E-state index contributed by atoms with van der Waals surface area (Å²) in [5.74, 6) is -1.01. The van der Waals surface area contributed by atoms with Crippen LogP contribution in [0.2, 0.25) is 0 Å². The Bertz CT molecular complexity index is 1620. The normalized spacial score (nSPS) is 18.0. The Morgan fingerprint density at radius 3 is 2.43 bits per heavy atom. The number of hydrogen-bond acceptors (Lipinski definition) is 4. The van der Waals surface area contributed by atoms with Crippen molar-refractivity contribution in [2.45, 2.75) is 61.7 Å². The fraction of sp³-hybridized carbons (Fsp3) is 0.364. The number of benzene rings is 3. The van der Waals surface area contributed by atoms with Gasteiger partial charge in [0.25, 0.3) is 0 Å². The number of carbonyl (C=O) groups is 1. The van der Waals surface area contributed by atoms with E-state index >= 15 is 0 Å². The first kappa shape index (κ1) is 31.9. The Hall–Kier alpha value is -3.54. The van der Waals surface area contributed by atoms with Crippen molar-refractivity contribution in [1.82, 2.24) is 14.9 Å². The minimum absolute atomic E-state index is 0.291. The molecule has 0 bridgehead atoms. The first-order chi connectivity index (χ1) is 20.9. The summed E-state index contributed by atoms with van der Waals surface area (Å²) in [6.45, 7) is 7.27. The topological polar surface area (TPSA) is 78.5 Å². The van der Waals surface area contributed by atoms with Gasteiger partial charge in [0.1, 0.15) is 5.82 Å². The third-order valence-electron chi connectivity index (χ3n) is 8.24. The molecule has 3 aromatic rings. The SMILES string of the molecule is C=C(CN1CCCC1)c1ccc2c(c1)CCC[C@H]2NC(=O)C[C@@H](NS(=O)(=O)c1cccc(C(F)(F)F)c1)c1ccc(F)cc1. The largest absolute Gasteiger partial charge is 0.416 e. The molecule has 1 heterocycles. The van der Waals surface area contributed by atoms with E-state index in [9.17, 15) is 30.8 Å². The van der Waals surface area contributed by atoms with Crippen molar-refractivity contribution in [3.63, 3.8) is 0 Å². The summed E-state index contributed by atoms with van der Waals surface area (Å²) in [4.78, 5) is 15.2. The molecule has 0 spiro atoms. The first-order valence-corrected chi connectivity index (χ1v) is 16.1. The summed E-state index contributed by atoms with van der Waals surface area (Å²) in [6, 6.07) is 13.0. The Morgan fingerprint density at radius 1 is 1.00 bits per heavy atom. The fourth-order valence-corrected chi connectivity index (χ4v) is 7.21. The molecule has 2 atom stereocenters. The number of nitrogens with one attached hydrogen (secondary N) is 2. The number of nitrogens with zero attached hydrogens (tertiary/aromatic N) is 1. The van der Waals surface area contributed by atoms with E-state index in [1.807, 2.05) is 12.1 Å². The van der Waals surface area contributed by atoms with E-state index in [2.05, 4.69) is 27.6 Å². The molecule has 0 unspecified atom stereocenters. The van der Waals surface area contributed by atoms with Gasteiger partial charge in [0.05, 0.1) is 22.5 Å². The van der Waals surface area contributed by atoms with Crippen molar-refractivity contribution in [1.29, 1.82) is 0 Å². The Morgan fingerprint density at radius 2 is 1.73 bits per heavy atom. The van der Waals surface area contributed by atoms with Gasteiger partial charge < -0.3 is 5.32 Å². The van der Waals surface area contributed by atoms with E-state index in [4.69, 9.17) is 0 Å². The lowest BCUT2D eigenvalue weighted by molar-refractivity contribution is -0.137.